The quantitative estimate of drug-likeness (QED) is 0.665. The molecule has 1 saturated carbocycles. The Bertz CT molecular complexity index is 215. The molecule has 0 aliphatic heterocycles. The Morgan fingerprint density at radius 2 is 2.00 bits per heavy atom. The number of ether oxygens (including phenoxy) is 1. The van der Waals surface area contributed by atoms with Gasteiger partial charge in [0.1, 0.15) is 0 Å². The van der Waals surface area contributed by atoms with E-state index in [1.807, 2.05) is 0 Å². The predicted molar refractivity (Wildman–Crippen MR) is 78.9 cm³/mol. The van der Waals surface area contributed by atoms with Crippen LogP contribution in [0, 0.1) is 17.3 Å². The van der Waals surface area contributed by atoms with Gasteiger partial charge < -0.3 is 10.1 Å². The molecule has 0 bridgehead atoms. The highest BCUT2D eigenvalue weighted by Gasteiger charge is 2.33. The summed E-state index contributed by atoms with van der Waals surface area (Å²) in [4.78, 5) is 0. The van der Waals surface area contributed by atoms with Gasteiger partial charge >= 0.3 is 0 Å². The second-order valence-electron chi connectivity index (χ2n) is 6.72. The summed E-state index contributed by atoms with van der Waals surface area (Å²) in [6, 6.07) is 0. The molecule has 2 unspecified atom stereocenters. The summed E-state index contributed by atoms with van der Waals surface area (Å²) in [6.45, 7) is 10.4. The summed E-state index contributed by atoms with van der Waals surface area (Å²) < 4.78 is 5.15. The van der Waals surface area contributed by atoms with E-state index in [9.17, 15) is 0 Å². The highest BCUT2D eigenvalue weighted by Crippen LogP contribution is 2.43. The normalized spacial score (nSPS) is 27.3. The Kier molecular flexibility index (Phi) is 7.25. The summed E-state index contributed by atoms with van der Waals surface area (Å²) in [5, 5.41) is 3.55. The molecule has 18 heavy (non-hydrogen) atoms. The van der Waals surface area contributed by atoms with Gasteiger partial charge in [0.25, 0.3) is 0 Å². The van der Waals surface area contributed by atoms with Gasteiger partial charge in [-0.3, -0.25) is 0 Å². The third-order valence-corrected chi connectivity index (χ3v) is 4.50. The van der Waals surface area contributed by atoms with Crippen LogP contribution in [0.5, 0.6) is 0 Å². The lowest BCUT2D eigenvalue weighted by atomic mass is 9.66. The number of unbranched alkanes of at least 4 members (excludes halogenated alkanes) is 1. The molecule has 108 valence electrons. The van der Waals surface area contributed by atoms with Gasteiger partial charge in [0.15, 0.2) is 0 Å². The first-order chi connectivity index (χ1) is 8.59. The predicted octanol–water partition coefficient (Wildman–Crippen LogP) is 3.86. The van der Waals surface area contributed by atoms with E-state index in [0.717, 1.165) is 25.0 Å². The van der Waals surface area contributed by atoms with Gasteiger partial charge in [0.2, 0.25) is 0 Å². The van der Waals surface area contributed by atoms with Crippen LogP contribution in [0.3, 0.4) is 0 Å². The van der Waals surface area contributed by atoms with Crippen LogP contribution in [0.1, 0.15) is 59.3 Å². The van der Waals surface area contributed by atoms with Crippen molar-refractivity contribution in [2.45, 2.75) is 59.3 Å². The zero-order chi connectivity index (χ0) is 13.4. The van der Waals surface area contributed by atoms with Crippen LogP contribution < -0.4 is 5.32 Å². The van der Waals surface area contributed by atoms with Gasteiger partial charge in [-0.1, -0.05) is 33.6 Å². The summed E-state index contributed by atoms with van der Waals surface area (Å²) in [6.07, 6.45) is 8.17. The molecule has 0 radical (unpaired) electrons. The molecule has 1 aliphatic rings. The first kappa shape index (κ1) is 16.0. The average Bonchev–Trinajstić information content (AvgIpc) is 2.33. The molecule has 0 aromatic heterocycles. The fourth-order valence-electron chi connectivity index (χ4n) is 3.38. The Labute approximate surface area is 114 Å². The van der Waals surface area contributed by atoms with Crippen molar-refractivity contribution in [3.05, 3.63) is 0 Å². The topological polar surface area (TPSA) is 21.3 Å². The fraction of sp³-hybridized carbons (Fsp3) is 1.00. The van der Waals surface area contributed by atoms with Crippen LogP contribution in [-0.2, 0) is 4.74 Å². The summed E-state index contributed by atoms with van der Waals surface area (Å²) in [5.41, 5.74) is 0.564. The number of hydrogen-bond acceptors (Lipinski definition) is 2. The molecule has 1 fully saturated rings. The van der Waals surface area contributed by atoms with Gasteiger partial charge in [-0.15, -0.1) is 0 Å². The van der Waals surface area contributed by atoms with Crippen molar-refractivity contribution in [1.82, 2.24) is 5.32 Å². The number of methoxy groups -OCH3 is 1. The van der Waals surface area contributed by atoms with E-state index < -0.39 is 0 Å². The second-order valence-corrected chi connectivity index (χ2v) is 6.72. The smallest absolute Gasteiger partial charge is 0.0462 e. The molecule has 0 heterocycles. The Morgan fingerprint density at radius 1 is 1.22 bits per heavy atom. The molecule has 1 aliphatic carbocycles. The monoisotopic (exact) mass is 255 g/mol. The Balaban J connectivity index is 2.38. The van der Waals surface area contributed by atoms with Crippen LogP contribution in [0.25, 0.3) is 0 Å². The summed E-state index contributed by atoms with van der Waals surface area (Å²) >= 11 is 0. The molecule has 2 nitrogen and oxygen atoms in total. The maximum absolute atomic E-state index is 5.15. The van der Waals surface area contributed by atoms with Crippen molar-refractivity contribution in [3.8, 4) is 0 Å². The van der Waals surface area contributed by atoms with Crippen molar-refractivity contribution in [2.24, 2.45) is 17.3 Å². The maximum Gasteiger partial charge on any atom is 0.0462 e. The molecule has 0 spiro atoms. The first-order valence-corrected chi connectivity index (χ1v) is 7.78. The Hall–Kier alpha value is -0.0800. The van der Waals surface area contributed by atoms with E-state index in [0.29, 0.717) is 5.41 Å². The molecule has 0 amide bonds. The third kappa shape index (κ3) is 5.71. The van der Waals surface area contributed by atoms with E-state index in [1.165, 1.54) is 45.1 Å². The lowest BCUT2D eigenvalue weighted by Crippen LogP contribution is -2.36. The molecule has 2 heteroatoms. The minimum absolute atomic E-state index is 0.564. The minimum Gasteiger partial charge on any atom is -0.385 e. The SMILES string of the molecule is CCNCC1CCC(C)(C)CC1CCCCOC. The van der Waals surface area contributed by atoms with Crippen LogP contribution in [0.4, 0.5) is 0 Å². The van der Waals surface area contributed by atoms with Crippen molar-refractivity contribution >= 4 is 0 Å². The van der Waals surface area contributed by atoms with E-state index in [2.05, 4.69) is 26.1 Å². The summed E-state index contributed by atoms with van der Waals surface area (Å²) in [7, 11) is 1.80. The highest BCUT2D eigenvalue weighted by molar-refractivity contribution is 4.85. The lowest BCUT2D eigenvalue weighted by Gasteiger charge is -2.41. The fourth-order valence-corrected chi connectivity index (χ4v) is 3.38. The van der Waals surface area contributed by atoms with E-state index in [1.54, 1.807) is 7.11 Å². The second kappa shape index (κ2) is 8.16. The number of hydrogen-bond donors (Lipinski definition) is 1. The van der Waals surface area contributed by atoms with E-state index >= 15 is 0 Å². The average molecular weight is 255 g/mol. The van der Waals surface area contributed by atoms with Crippen molar-refractivity contribution < 1.29 is 4.74 Å². The van der Waals surface area contributed by atoms with Gasteiger partial charge in [0, 0.05) is 13.7 Å². The lowest BCUT2D eigenvalue weighted by molar-refractivity contribution is 0.105. The zero-order valence-corrected chi connectivity index (χ0v) is 12.9. The van der Waals surface area contributed by atoms with E-state index in [4.69, 9.17) is 4.74 Å². The highest BCUT2D eigenvalue weighted by atomic mass is 16.5. The van der Waals surface area contributed by atoms with Crippen molar-refractivity contribution in [1.29, 1.82) is 0 Å². The number of rotatable bonds is 8. The Morgan fingerprint density at radius 3 is 2.67 bits per heavy atom. The minimum atomic E-state index is 0.564. The summed E-state index contributed by atoms with van der Waals surface area (Å²) in [5.74, 6) is 1.82. The van der Waals surface area contributed by atoms with Gasteiger partial charge in [-0.05, 0) is 56.0 Å². The van der Waals surface area contributed by atoms with Gasteiger partial charge in [-0.2, -0.15) is 0 Å². The van der Waals surface area contributed by atoms with E-state index in [-0.39, 0.29) is 0 Å². The third-order valence-electron chi connectivity index (χ3n) is 4.50. The molecule has 2 atom stereocenters. The molecular weight excluding hydrogens is 222 g/mol. The number of nitrogens with one attached hydrogen (secondary N) is 1. The van der Waals surface area contributed by atoms with Crippen LogP contribution in [0.15, 0.2) is 0 Å². The zero-order valence-electron chi connectivity index (χ0n) is 12.9. The van der Waals surface area contributed by atoms with Crippen molar-refractivity contribution in [3.63, 3.8) is 0 Å². The van der Waals surface area contributed by atoms with Crippen molar-refractivity contribution in [2.75, 3.05) is 26.8 Å². The van der Waals surface area contributed by atoms with Crippen LogP contribution >= 0.6 is 0 Å². The maximum atomic E-state index is 5.15. The molecule has 0 aromatic rings. The first-order valence-electron chi connectivity index (χ1n) is 7.78. The largest absolute Gasteiger partial charge is 0.385 e. The molecule has 0 saturated heterocycles. The van der Waals surface area contributed by atoms with Crippen LogP contribution in [0.2, 0.25) is 0 Å². The van der Waals surface area contributed by atoms with Gasteiger partial charge in [0.05, 0.1) is 0 Å². The molecular formula is C16H33NO. The van der Waals surface area contributed by atoms with Crippen LogP contribution in [-0.4, -0.2) is 26.8 Å². The molecule has 1 rings (SSSR count). The van der Waals surface area contributed by atoms with Gasteiger partial charge in [-0.25, -0.2) is 0 Å². The standard InChI is InChI=1S/C16H33NO/c1-5-17-13-15-9-10-16(2,3)12-14(15)8-6-7-11-18-4/h14-15,17H,5-13H2,1-4H3. The molecule has 0 aromatic carbocycles. The molecule has 1 N–H and O–H groups in total.